The number of nitrogens with zero attached hydrogens (tertiary/aromatic N) is 4. The predicted molar refractivity (Wildman–Crippen MR) is 99.2 cm³/mol. The molecule has 1 aromatic carbocycles. The third-order valence-electron chi connectivity index (χ3n) is 4.32. The first kappa shape index (κ1) is 16.6. The molecule has 128 valence electrons. The second-order valence-electron chi connectivity index (χ2n) is 6.19. The number of rotatable bonds is 5. The Labute approximate surface area is 143 Å². The summed E-state index contributed by atoms with van der Waals surface area (Å²) in [5.41, 5.74) is 3.25. The zero-order chi connectivity index (χ0) is 16.9. The molecular formula is C18H26N6. The fraction of sp³-hybridized carbons (Fsp3) is 0.500. The normalized spacial score (nSPS) is 15.2. The molecule has 2 heterocycles. The average molecular weight is 326 g/mol. The standard InChI is InChI=1S/C18H26N6/c1-4-6-9-24-11-19-17(20-12-24)23-18-21-13(3)15-10-14(5-2)7-8-16(15)22-18/h7-8,10H,4-6,9,11-12H2,1-3H3,(H2,19,20,21,22,23). The van der Waals surface area contributed by atoms with Crippen molar-refractivity contribution in [2.24, 2.45) is 4.99 Å². The molecule has 0 atom stereocenters. The van der Waals surface area contributed by atoms with Crippen LogP contribution in [0, 0.1) is 6.92 Å². The monoisotopic (exact) mass is 326 g/mol. The SMILES string of the molecule is CCCCN1CN=C(Nc2nc(C)c3cc(CC)ccc3n2)NC1. The summed E-state index contributed by atoms with van der Waals surface area (Å²) in [7, 11) is 0. The molecule has 0 amide bonds. The van der Waals surface area contributed by atoms with Crippen LogP contribution in [-0.4, -0.2) is 40.7 Å². The van der Waals surface area contributed by atoms with E-state index in [1.54, 1.807) is 0 Å². The van der Waals surface area contributed by atoms with Crippen molar-refractivity contribution in [3.8, 4) is 0 Å². The van der Waals surface area contributed by atoms with Gasteiger partial charge in [0.05, 0.1) is 24.5 Å². The second kappa shape index (κ2) is 7.57. The van der Waals surface area contributed by atoms with E-state index in [9.17, 15) is 0 Å². The Bertz CT molecular complexity index is 740. The molecular weight excluding hydrogens is 300 g/mol. The highest BCUT2D eigenvalue weighted by Crippen LogP contribution is 2.19. The van der Waals surface area contributed by atoms with E-state index in [0.29, 0.717) is 12.6 Å². The number of aromatic nitrogens is 2. The van der Waals surface area contributed by atoms with Gasteiger partial charge in [-0.3, -0.25) is 10.2 Å². The van der Waals surface area contributed by atoms with Gasteiger partial charge < -0.3 is 5.32 Å². The maximum Gasteiger partial charge on any atom is 0.230 e. The zero-order valence-corrected chi connectivity index (χ0v) is 14.8. The molecule has 0 unspecified atom stereocenters. The molecule has 0 saturated carbocycles. The van der Waals surface area contributed by atoms with Crippen LogP contribution in [-0.2, 0) is 6.42 Å². The van der Waals surface area contributed by atoms with E-state index in [0.717, 1.165) is 42.2 Å². The first-order valence-corrected chi connectivity index (χ1v) is 8.74. The quantitative estimate of drug-likeness (QED) is 0.884. The van der Waals surface area contributed by atoms with Gasteiger partial charge in [0, 0.05) is 11.9 Å². The van der Waals surface area contributed by atoms with Gasteiger partial charge in [0.25, 0.3) is 0 Å². The lowest BCUT2D eigenvalue weighted by atomic mass is 10.1. The van der Waals surface area contributed by atoms with Gasteiger partial charge in [-0.2, -0.15) is 0 Å². The lowest BCUT2D eigenvalue weighted by Gasteiger charge is -2.26. The molecule has 6 heteroatoms. The van der Waals surface area contributed by atoms with Crippen molar-refractivity contribution in [1.29, 1.82) is 0 Å². The molecule has 0 bridgehead atoms. The predicted octanol–water partition coefficient (Wildman–Crippen LogP) is 2.89. The highest BCUT2D eigenvalue weighted by atomic mass is 15.4. The third-order valence-corrected chi connectivity index (χ3v) is 4.32. The van der Waals surface area contributed by atoms with Crippen LogP contribution in [0.3, 0.4) is 0 Å². The second-order valence-corrected chi connectivity index (χ2v) is 6.19. The van der Waals surface area contributed by atoms with Gasteiger partial charge in [0.2, 0.25) is 11.9 Å². The van der Waals surface area contributed by atoms with Gasteiger partial charge in [-0.1, -0.05) is 26.3 Å². The molecule has 1 aromatic heterocycles. The number of nitrogens with one attached hydrogen (secondary N) is 2. The van der Waals surface area contributed by atoms with Gasteiger partial charge in [-0.15, -0.1) is 0 Å². The Kier molecular flexibility index (Phi) is 5.25. The Balaban J connectivity index is 1.73. The van der Waals surface area contributed by atoms with Crippen LogP contribution in [0.25, 0.3) is 10.9 Å². The van der Waals surface area contributed by atoms with E-state index in [-0.39, 0.29) is 0 Å². The summed E-state index contributed by atoms with van der Waals surface area (Å²) in [5, 5.41) is 7.62. The number of hydrogen-bond donors (Lipinski definition) is 2. The molecule has 0 fully saturated rings. The smallest absolute Gasteiger partial charge is 0.230 e. The summed E-state index contributed by atoms with van der Waals surface area (Å²) in [6, 6.07) is 6.37. The molecule has 0 saturated heterocycles. The molecule has 1 aliphatic heterocycles. The molecule has 2 aromatic rings. The van der Waals surface area contributed by atoms with Crippen molar-refractivity contribution in [2.45, 2.75) is 40.0 Å². The first-order chi connectivity index (χ1) is 11.7. The minimum atomic E-state index is 0.595. The maximum atomic E-state index is 4.62. The van der Waals surface area contributed by atoms with Crippen molar-refractivity contribution in [3.63, 3.8) is 0 Å². The topological polar surface area (TPSA) is 65.4 Å². The Morgan fingerprint density at radius 2 is 2.12 bits per heavy atom. The van der Waals surface area contributed by atoms with Gasteiger partial charge in [-0.25, -0.2) is 15.0 Å². The number of anilines is 1. The van der Waals surface area contributed by atoms with Crippen molar-refractivity contribution in [3.05, 3.63) is 29.5 Å². The minimum Gasteiger partial charge on any atom is -0.343 e. The Morgan fingerprint density at radius 3 is 2.83 bits per heavy atom. The van der Waals surface area contributed by atoms with Gasteiger partial charge in [0.15, 0.2) is 0 Å². The number of unbranched alkanes of at least 4 members (excludes halogenated alkanes) is 1. The summed E-state index contributed by atoms with van der Waals surface area (Å²) in [4.78, 5) is 16.0. The summed E-state index contributed by atoms with van der Waals surface area (Å²) < 4.78 is 0. The van der Waals surface area contributed by atoms with E-state index in [1.165, 1.54) is 18.4 Å². The Hall–Kier alpha value is -2.21. The molecule has 0 spiro atoms. The molecule has 0 radical (unpaired) electrons. The summed E-state index contributed by atoms with van der Waals surface area (Å²) in [6.07, 6.45) is 3.42. The summed E-state index contributed by atoms with van der Waals surface area (Å²) >= 11 is 0. The van der Waals surface area contributed by atoms with E-state index in [1.807, 2.05) is 6.92 Å². The van der Waals surface area contributed by atoms with E-state index in [4.69, 9.17) is 0 Å². The molecule has 2 N–H and O–H groups in total. The molecule has 24 heavy (non-hydrogen) atoms. The summed E-state index contributed by atoms with van der Waals surface area (Å²) in [5.74, 6) is 1.34. The van der Waals surface area contributed by atoms with Crippen molar-refractivity contribution in [1.82, 2.24) is 20.2 Å². The summed E-state index contributed by atoms with van der Waals surface area (Å²) in [6.45, 7) is 8.98. The van der Waals surface area contributed by atoms with Crippen LogP contribution in [0.1, 0.15) is 37.9 Å². The molecule has 0 aliphatic carbocycles. The Morgan fingerprint density at radius 1 is 1.25 bits per heavy atom. The van der Waals surface area contributed by atoms with Crippen molar-refractivity contribution < 1.29 is 0 Å². The van der Waals surface area contributed by atoms with Crippen LogP contribution in [0.5, 0.6) is 0 Å². The van der Waals surface area contributed by atoms with Crippen LogP contribution in [0.15, 0.2) is 23.2 Å². The van der Waals surface area contributed by atoms with Crippen LogP contribution in [0.2, 0.25) is 0 Å². The minimum absolute atomic E-state index is 0.595. The maximum absolute atomic E-state index is 4.62. The molecule has 6 nitrogen and oxygen atoms in total. The number of guanidine groups is 1. The highest BCUT2D eigenvalue weighted by Gasteiger charge is 2.13. The number of fused-ring (bicyclic) bond motifs is 1. The third kappa shape index (κ3) is 3.82. The lowest BCUT2D eigenvalue weighted by molar-refractivity contribution is 0.261. The van der Waals surface area contributed by atoms with Crippen molar-refractivity contribution in [2.75, 3.05) is 25.2 Å². The fourth-order valence-corrected chi connectivity index (χ4v) is 2.79. The number of hydrogen-bond acceptors (Lipinski definition) is 6. The van der Waals surface area contributed by atoms with Crippen LogP contribution >= 0.6 is 0 Å². The van der Waals surface area contributed by atoms with E-state index in [2.05, 4.69) is 62.5 Å². The van der Waals surface area contributed by atoms with Crippen molar-refractivity contribution >= 4 is 22.8 Å². The molecule has 3 rings (SSSR count). The highest BCUT2D eigenvalue weighted by molar-refractivity contribution is 5.93. The number of benzene rings is 1. The van der Waals surface area contributed by atoms with E-state index >= 15 is 0 Å². The fourth-order valence-electron chi connectivity index (χ4n) is 2.79. The largest absolute Gasteiger partial charge is 0.343 e. The first-order valence-electron chi connectivity index (χ1n) is 8.74. The zero-order valence-electron chi connectivity index (χ0n) is 14.8. The number of aliphatic imine (C=N–C) groups is 1. The molecule has 1 aliphatic rings. The van der Waals surface area contributed by atoms with Gasteiger partial charge in [-0.05, 0) is 37.5 Å². The number of aryl methyl sites for hydroxylation is 2. The van der Waals surface area contributed by atoms with Gasteiger partial charge >= 0.3 is 0 Å². The van der Waals surface area contributed by atoms with Crippen LogP contribution < -0.4 is 10.6 Å². The van der Waals surface area contributed by atoms with Gasteiger partial charge in [0.1, 0.15) is 0 Å². The average Bonchev–Trinajstić information content (AvgIpc) is 2.61. The lowest BCUT2D eigenvalue weighted by Crippen LogP contribution is -2.46. The van der Waals surface area contributed by atoms with E-state index < -0.39 is 0 Å². The van der Waals surface area contributed by atoms with Crippen LogP contribution in [0.4, 0.5) is 5.95 Å².